The molecule has 11 nitrogen and oxygen atoms in total. The summed E-state index contributed by atoms with van der Waals surface area (Å²) >= 11 is 7.41. The molecule has 0 unspecified atom stereocenters. The van der Waals surface area contributed by atoms with Crippen molar-refractivity contribution in [2.24, 2.45) is 0 Å². The number of esters is 1. The van der Waals surface area contributed by atoms with Crippen molar-refractivity contribution in [3.8, 4) is 27.3 Å². The third-order valence-electron chi connectivity index (χ3n) is 8.30. The van der Waals surface area contributed by atoms with Gasteiger partial charge >= 0.3 is 12.1 Å². The van der Waals surface area contributed by atoms with Gasteiger partial charge in [0.25, 0.3) is 11.8 Å². The zero-order chi connectivity index (χ0) is 38.6. The number of nitrogens with zero attached hydrogens (tertiary/aromatic N) is 1. The van der Waals surface area contributed by atoms with Crippen molar-refractivity contribution in [3.63, 3.8) is 0 Å². The van der Waals surface area contributed by atoms with Crippen molar-refractivity contribution in [1.29, 1.82) is 0 Å². The Morgan fingerprint density at radius 1 is 0.926 bits per heavy atom. The highest BCUT2D eigenvalue weighted by atomic mass is 35.5. The van der Waals surface area contributed by atoms with Crippen LogP contribution in [0.3, 0.4) is 0 Å². The van der Waals surface area contributed by atoms with Gasteiger partial charge in [0.2, 0.25) is 0 Å². The van der Waals surface area contributed by atoms with Crippen LogP contribution in [0, 0.1) is 5.82 Å². The number of halogens is 2. The monoisotopic (exact) mass is 770 g/mol. The Hall–Kier alpha value is -5.79. The van der Waals surface area contributed by atoms with Crippen molar-refractivity contribution in [1.82, 2.24) is 15.6 Å². The van der Waals surface area contributed by atoms with Gasteiger partial charge in [-0.1, -0.05) is 35.9 Å². The van der Waals surface area contributed by atoms with Crippen LogP contribution in [0.25, 0.3) is 21.6 Å². The van der Waals surface area contributed by atoms with Crippen molar-refractivity contribution in [2.75, 3.05) is 19.0 Å². The van der Waals surface area contributed by atoms with Crippen molar-refractivity contribution in [3.05, 3.63) is 123 Å². The summed E-state index contributed by atoms with van der Waals surface area (Å²) in [5.41, 5.74) is 2.96. The summed E-state index contributed by atoms with van der Waals surface area (Å²) in [6.45, 7) is 5.77. The minimum Gasteiger partial charge on any atom is -0.493 e. The average molecular weight is 771 g/mol. The van der Waals surface area contributed by atoms with E-state index in [0.29, 0.717) is 35.6 Å². The Labute approximate surface area is 319 Å². The van der Waals surface area contributed by atoms with Gasteiger partial charge in [0.15, 0.2) is 5.69 Å². The first-order chi connectivity index (χ1) is 25.8. The highest BCUT2D eigenvalue weighted by Crippen LogP contribution is 2.43. The molecule has 0 radical (unpaired) electrons. The average Bonchev–Trinajstić information content (AvgIpc) is 3.54. The largest absolute Gasteiger partial charge is 0.493 e. The number of hydrogen-bond donors (Lipinski definition) is 3. The normalized spacial score (nSPS) is 12.0. The van der Waals surface area contributed by atoms with Gasteiger partial charge in [-0.15, -0.1) is 11.3 Å². The standard InChI is InChI=1S/C40H36ClFN4O7S/c1-40(2,3)53-39(50)44-20-22-8-10-25(11-9-22)45-36(47)28-18-29-32(52-16-14-23-15-17-54-35(23)29)19-27(28)26-12-13-31(46-34(26)38(49)51-4)37(48)43-21-24-6-5-7-30(41)33(24)42/h5-13,15,17-19H,14,16,20-21H2,1-4H3,(H,43,48)(H,44,50)(H,45,47). The summed E-state index contributed by atoms with van der Waals surface area (Å²) in [4.78, 5) is 58.0. The number of ether oxygens (including phenoxy) is 3. The molecule has 3 N–H and O–H groups in total. The van der Waals surface area contributed by atoms with Crippen LogP contribution >= 0.6 is 22.9 Å². The molecule has 6 rings (SSSR count). The van der Waals surface area contributed by atoms with Crippen molar-refractivity contribution in [2.45, 2.75) is 45.9 Å². The van der Waals surface area contributed by atoms with Gasteiger partial charge < -0.3 is 30.2 Å². The number of fused-ring (bicyclic) bond motifs is 3. The molecule has 2 aromatic heterocycles. The zero-order valence-corrected chi connectivity index (χ0v) is 31.4. The van der Waals surface area contributed by atoms with Crippen LogP contribution in [0.15, 0.2) is 78.2 Å². The van der Waals surface area contributed by atoms with Crippen molar-refractivity contribution >= 4 is 52.5 Å². The van der Waals surface area contributed by atoms with Crippen LogP contribution in [0.1, 0.15) is 68.8 Å². The lowest BCUT2D eigenvalue weighted by atomic mass is 9.93. The van der Waals surface area contributed by atoms with E-state index in [1.54, 1.807) is 63.2 Å². The number of anilines is 1. The van der Waals surface area contributed by atoms with E-state index < -0.39 is 35.3 Å². The van der Waals surface area contributed by atoms with E-state index in [0.717, 1.165) is 16.0 Å². The molecule has 0 fully saturated rings. The molecule has 0 atom stereocenters. The number of carbonyl (C=O) groups is 4. The Bertz CT molecular complexity index is 2250. The van der Waals surface area contributed by atoms with Gasteiger partial charge in [-0.3, -0.25) is 9.59 Å². The highest BCUT2D eigenvalue weighted by molar-refractivity contribution is 7.13. The fourth-order valence-corrected chi connectivity index (χ4v) is 6.90. The van der Waals surface area contributed by atoms with Gasteiger partial charge in [0, 0.05) is 57.9 Å². The van der Waals surface area contributed by atoms with E-state index in [4.69, 9.17) is 25.8 Å². The molecule has 3 heterocycles. The van der Waals surface area contributed by atoms with Crippen LogP contribution in [-0.2, 0) is 29.0 Å². The number of aromatic nitrogens is 1. The van der Waals surface area contributed by atoms with E-state index in [1.165, 1.54) is 42.7 Å². The number of nitrogens with one attached hydrogen (secondary N) is 3. The summed E-state index contributed by atoms with van der Waals surface area (Å²) in [6.07, 6.45) is 0.119. The number of rotatable bonds is 9. The maximum atomic E-state index is 14.5. The molecular weight excluding hydrogens is 735 g/mol. The molecule has 0 saturated carbocycles. The minimum absolute atomic E-state index is 0.0818. The number of amides is 3. The lowest BCUT2D eigenvalue weighted by Crippen LogP contribution is -2.32. The van der Waals surface area contributed by atoms with Gasteiger partial charge in [0.05, 0.1) is 18.7 Å². The van der Waals surface area contributed by atoms with Gasteiger partial charge in [-0.05, 0) is 85.8 Å². The smallest absolute Gasteiger partial charge is 0.407 e. The minimum atomic E-state index is -0.848. The lowest BCUT2D eigenvalue weighted by Gasteiger charge is -2.19. The molecule has 278 valence electrons. The van der Waals surface area contributed by atoms with Gasteiger partial charge in [-0.2, -0.15) is 0 Å². The summed E-state index contributed by atoms with van der Waals surface area (Å²) in [7, 11) is 1.18. The third kappa shape index (κ3) is 8.70. The fourth-order valence-electron chi connectivity index (χ4n) is 5.73. The Balaban J connectivity index is 1.33. The number of hydrogen-bond acceptors (Lipinski definition) is 9. The predicted molar refractivity (Wildman–Crippen MR) is 204 cm³/mol. The van der Waals surface area contributed by atoms with E-state index in [-0.39, 0.29) is 46.2 Å². The number of benzene rings is 3. The molecule has 1 aliphatic rings. The van der Waals surface area contributed by atoms with Crippen LogP contribution in [0.5, 0.6) is 5.75 Å². The number of thiophene rings is 1. The number of alkyl carbamates (subject to hydrolysis) is 1. The van der Waals surface area contributed by atoms with E-state index >= 15 is 0 Å². The molecule has 0 spiro atoms. The fraction of sp³-hybridized carbons (Fsp3) is 0.225. The van der Waals surface area contributed by atoms with Crippen LogP contribution in [0.2, 0.25) is 5.02 Å². The predicted octanol–water partition coefficient (Wildman–Crippen LogP) is 8.20. The Kier molecular flexibility index (Phi) is 11.3. The summed E-state index contributed by atoms with van der Waals surface area (Å²) < 4.78 is 31.0. The Morgan fingerprint density at radius 3 is 2.44 bits per heavy atom. The van der Waals surface area contributed by atoms with Gasteiger partial charge in [0.1, 0.15) is 22.9 Å². The second-order valence-corrected chi connectivity index (χ2v) is 14.6. The molecule has 0 saturated heterocycles. The van der Waals surface area contributed by atoms with Crippen LogP contribution in [-0.4, -0.2) is 48.2 Å². The molecule has 14 heteroatoms. The molecule has 1 aliphatic heterocycles. The molecule has 0 bridgehead atoms. The topological polar surface area (TPSA) is 145 Å². The van der Waals surface area contributed by atoms with Crippen molar-refractivity contribution < 1.29 is 37.8 Å². The maximum Gasteiger partial charge on any atom is 0.407 e. The van der Waals surface area contributed by atoms with E-state index in [1.807, 2.05) is 11.4 Å². The molecule has 3 aromatic carbocycles. The zero-order valence-electron chi connectivity index (χ0n) is 29.8. The van der Waals surface area contributed by atoms with Gasteiger partial charge in [-0.25, -0.2) is 19.0 Å². The lowest BCUT2D eigenvalue weighted by molar-refractivity contribution is 0.0522. The highest BCUT2D eigenvalue weighted by Gasteiger charge is 2.27. The summed E-state index contributed by atoms with van der Waals surface area (Å²) in [6, 6.07) is 19.7. The molecule has 54 heavy (non-hydrogen) atoms. The first-order valence-corrected chi connectivity index (χ1v) is 18.1. The molecule has 0 aliphatic carbocycles. The quantitative estimate of drug-likeness (QED) is 0.127. The summed E-state index contributed by atoms with van der Waals surface area (Å²) in [5, 5.41) is 10.1. The molecular formula is C40H36ClFN4O7S. The first kappa shape index (κ1) is 38.0. The van der Waals surface area contributed by atoms with Crippen LogP contribution in [0.4, 0.5) is 14.9 Å². The number of carbonyl (C=O) groups excluding carboxylic acids is 4. The second-order valence-electron chi connectivity index (χ2n) is 13.3. The summed E-state index contributed by atoms with van der Waals surface area (Å²) in [5.74, 6) is -2.17. The SMILES string of the molecule is COC(=O)c1nc(C(=O)NCc2cccc(Cl)c2F)ccc1-c1cc2c(cc1C(=O)Nc1ccc(CNC(=O)OC(C)(C)C)cc1)-c1sccc1CCO2. The second kappa shape index (κ2) is 16.1. The Morgan fingerprint density at radius 2 is 1.70 bits per heavy atom. The van der Waals surface area contributed by atoms with E-state index in [2.05, 4.69) is 20.9 Å². The number of pyridine rings is 1. The maximum absolute atomic E-state index is 14.5. The van der Waals surface area contributed by atoms with Crippen LogP contribution < -0.4 is 20.7 Å². The molecule has 3 amide bonds. The van der Waals surface area contributed by atoms with E-state index in [9.17, 15) is 23.6 Å². The number of methoxy groups -OCH3 is 1. The third-order valence-corrected chi connectivity index (χ3v) is 9.58. The first-order valence-electron chi connectivity index (χ1n) is 16.9. The molecule has 5 aromatic rings.